The van der Waals surface area contributed by atoms with Crippen LogP contribution in [0.4, 0.5) is 5.69 Å². The molecule has 2 aromatic carbocycles. The Labute approximate surface area is 141 Å². The molecule has 0 N–H and O–H groups in total. The van der Waals surface area contributed by atoms with Crippen molar-refractivity contribution in [1.82, 2.24) is 0 Å². The minimum Gasteiger partial charge on any atom is -0.391 e. The van der Waals surface area contributed by atoms with E-state index in [0.29, 0.717) is 11.6 Å². The first-order valence-corrected chi connectivity index (χ1v) is 8.02. The smallest absolute Gasteiger partial charge is 0.143 e. The topological polar surface area (TPSA) is 34.1 Å². The van der Waals surface area contributed by atoms with Crippen LogP contribution in [0, 0.1) is 0 Å². The van der Waals surface area contributed by atoms with Crippen LogP contribution >= 0.6 is 11.6 Å². The minimum atomic E-state index is 0.363. The highest BCUT2D eigenvalue weighted by molar-refractivity contribution is 6.31. The summed E-state index contributed by atoms with van der Waals surface area (Å²) in [5.41, 5.74) is 3.14. The van der Waals surface area contributed by atoms with Gasteiger partial charge in [-0.2, -0.15) is 0 Å². The Morgan fingerprint density at radius 2 is 1.83 bits per heavy atom. The number of ether oxygens (including phenoxy) is 1. The molecule has 1 aliphatic heterocycles. The van der Waals surface area contributed by atoms with Crippen LogP contribution in [0.15, 0.2) is 53.7 Å². The molecule has 0 aromatic heterocycles. The number of halogens is 1. The molecule has 0 spiro atoms. The van der Waals surface area contributed by atoms with Crippen LogP contribution in [-0.4, -0.2) is 32.5 Å². The lowest BCUT2D eigenvalue weighted by molar-refractivity contribution is 0.122. The second-order valence-electron chi connectivity index (χ2n) is 5.29. The summed E-state index contributed by atoms with van der Waals surface area (Å²) < 4.78 is 5.37. The molecule has 0 aliphatic carbocycles. The van der Waals surface area contributed by atoms with Gasteiger partial charge in [0.2, 0.25) is 0 Å². The Balaban J connectivity index is 1.52. The minimum absolute atomic E-state index is 0.363. The van der Waals surface area contributed by atoms with Gasteiger partial charge in [-0.25, -0.2) is 0 Å². The average molecular weight is 331 g/mol. The summed E-state index contributed by atoms with van der Waals surface area (Å²) >= 11 is 6.07. The van der Waals surface area contributed by atoms with Crippen molar-refractivity contribution < 1.29 is 9.57 Å². The van der Waals surface area contributed by atoms with E-state index in [1.54, 1.807) is 6.21 Å². The van der Waals surface area contributed by atoms with Crippen molar-refractivity contribution in [3.05, 3.63) is 64.7 Å². The number of anilines is 1. The van der Waals surface area contributed by atoms with Crippen LogP contribution in [-0.2, 0) is 16.2 Å². The maximum atomic E-state index is 6.07. The van der Waals surface area contributed by atoms with Gasteiger partial charge in [0.15, 0.2) is 0 Å². The second-order valence-corrected chi connectivity index (χ2v) is 5.70. The highest BCUT2D eigenvalue weighted by Gasteiger charge is 2.10. The summed E-state index contributed by atoms with van der Waals surface area (Å²) in [5.74, 6) is 0. The Morgan fingerprint density at radius 1 is 1.09 bits per heavy atom. The zero-order valence-corrected chi connectivity index (χ0v) is 13.6. The summed E-state index contributed by atoms with van der Waals surface area (Å²) in [5, 5.41) is 4.70. The predicted octanol–water partition coefficient (Wildman–Crippen LogP) is 3.73. The van der Waals surface area contributed by atoms with Crippen molar-refractivity contribution >= 4 is 23.5 Å². The molecule has 1 heterocycles. The Hall–Kier alpha value is -2.04. The van der Waals surface area contributed by atoms with Gasteiger partial charge in [-0.3, -0.25) is 0 Å². The number of oxime groups is 1. The van der Waals surface area contributed by atoms with Crippen LogP contribution < -0.4 is 4.90 Å². The molecule has 0 unspecified atom stereocenters. The van der Waals surface area contributed by atoms with E-state index < -0.39 is 0 Å². The van der Waals surface area contributed by atoms with Crippen LogP contribution in [0.5, 0.6) is 0 Å². The highest BCUT2D eigenvalue weighted by Crippen LogP contribution is 2.17. The largest absolute Gasteiger partial charge is 0.391 e. The summed E-state index contributed by atoms with van der Waals surface area (Å²) in [7, 11) is 0. The zero-order valence-electron chi connectivity index (χ0n) is 12.8. The van der Waals surface area contributed by atoms with E-state index in [1.165, 1.54) is 5.69 Å². The van der Waals surface area contributed by atoms with Gasteiger partial charge < -0.3 is 14.5 Å². The molecule has 2 aromatic rings. The number of nitrogens with zero attached hydrogens (tertiary/aromatic N) is 2. The third-order valence-electron chi connectivity index (χ3n) is 3.72. The number of benzene rings is 2. The van der Waals surface area contributed by atoms with E-state index in [4.69, 9.17) is 21.2 Å². The van der Waals surface area contributed by atoms with Gasteiger partial charge in [0, 0.05) is 29.4 Å². The lowest BCUT2D eigenvalue weighted by Crippen LogP contribution is -2.36. The van der Waals surface area contributed by atoms with Gasteiger partial charge in [-0.15, -0.1) is 0 Å². The number of morpholine rings is 1. The van der Waals surface area contributed by atoms with Crippen molar-refractivity contribution in [1.29, 1.82) is 0 Å². The molecule has 0 atom stereocenters. The Kier molecular flexibility index (Phi) is 5.51. The molecular formula is C18H19ClN2O2. The molecule has 0 radical (unpaired) electrons. The second kappa shape index (κ2) is 7.99. The van der Waals surface area contributed by atoms with Crippen molar-refractivity contribution in [2.75, 3.05) is 31.2 Å². The monoisotopic (exact) mass is 330 g/mol. The molecule has 23 heavy (non-hydrogen) atoms. The lowest BCUT2D eigenvalue weighted by atomic mass is 10.2. The normalized spacial score (nSPS) is 15.1. The molecule has 1 aliphatic rings. The number of hydrogen-bond acceptors (Lipinski definition) is 4. The standard InChI is InChI=1S/C18H19ClN2O2/c19-18-4-2-1-3-16(18)14-23-20-13-15-5-7-17(8-6-15)21-9-11-22-12-10-21/h1-8,13H,9-12,14H2. The van der Waals surface area contributed by atoms with E-state index in [1.807, 2.05) is 36.4 Å². The van der Waals surface area contributed by atoms with E-state index in [9.17, 15) is 0 Å². The fraction of sp³-hybridized carbons (Fsp3) is 0.278. The highest BCUT2D eigenvalue weighted by atomic mass is 35.5. The summed E-state index contributed by atoms with van der Waals surface area (Å²) in [6.07, 6.45) is 1.71. The summed E-state index contributed by atoms with van der Waals surface area (Å²) in [6, 6.07) is 15.9. The van der Waals surface area contributed by atoms with Crippen LogP contribution in [0.2, 0.25) is 5.02 Å². The van der Waals surface area contributed by atoms with E-state index in [-0.39, 0.29) is 0 Å². The molecule has 1 fully saturated rings. The van der Waals surface area contributed by atoms with Gasteiger partial charge >= 0.3 is 0 Å². The molecule has 0 amide bonds. The van der Waals surface area contributed by atoms with Crippen molar-refractivity contribution in [3.8, 4) is 0 Å². The maximum Gasteiger partial charge on any atom is 0.143 e. The molecule has 5 heteroatoms. The first-order valence-electron chi connectivity index (χ1n) is 7.64. The Bertz CT molecular complexity index is 652. The summed E-state index contributed by atoms with van der Waals surface area (Å²) in [4.78, 5) is 7.63. The molecule has 3 rings (SSSR count). The SMILES string of the molecule is Clc1ccccc1CON=Cc1ccc(N2CCOCC2)cc1. The quantitative estimate of drug-likeness (QED) is 0.619. The van der Waals surface area contributed by atoms with Gasteiger partial charge in [0.1, 0.15) is 6.61 Å². The Morgan fingerprint density at radius 3 is 2.57 bits per heavy atom. The summed E-state index contributed by atoms with van der Waals surface area (Å²) in [6.45, 7) is 3.82. The van der Waals surface area contributed by atoms with Crippen LogP contribution in [0.3, 0.4) is 0 Å². The molecule has 120 valence electrons. The fourth-order valence-electron chi connectivity index (χ4n) is 2.41. The lowest BCUT2D eigenvalue weighted by Gasteiger charge is -2.28. The fourth-order valence-corrected chi connectivity index (χ4v) is 2.60. The first-order chi connectivity index (χ1) is 11.3. The molecule has 0 bridgehead atoms. The molecule has 1 saturated heterocycles. The van der Waals surface area contributed by atoms with Crippen LogP contribution in [0.1, 0.15) is 11.1 Å². The van der Waals surface area contributed by atoms with Crippen molar-refractivity contribution in [2.24, 2.45) is 5.16 Å². The molecule has 0 saturated carbocycles. The van der Waals surface area contributed by atoms with Gasteiger partial charge in [-0.1, -0.05) is 47.1 Å². The van der Waals surface area contributed by atoms with E-state index >= 15 is 0 Å². The molecular weight excluding hydrogens is 312 g/mol. The number of rotatable bonds is 5. The van der Waals surface area contributed by atoms with Crippen molar-refractivity contribution in [2.45, 2.75) is 6.61 Å². The van der Waals surface area contributed by atoms with E-state index in [2.05, 4.69) is 22.2 Å². The maximum absolute atomic E-state index is 6.07. The van der Waals surface area contributed by atoms with Crippen LogP contribution in [0.25, 0.3) is 0 Å². The molecule has 4 nitrogen and oxygen atoms in total. The van der Waals surface area contributed by atoms with E-state index in [0.717, 1.165) is 37.4 Å². The van der Waals surface area contributed by atoms with Gasteiger partial charge in [0.05, 0.1) is 19.4 Å². The number of hydrogen-bond donors (Lipinski definition) is 0. The first kappa shape index (κ1) is 15.8. The third kappa shape index (κ3) is 4.47. The third-order valence-corrected chi connectivity index (χ3v) is 4.09. The zero-order chi connectivity index (χ0) is 15.9. The van der Waals surface area contributed by atoms with Crippen molar-refractivity contribution in [3.63, 3.8) is 0 Å². The van der Waals surface area contributed by atoms with Gasteiger partial charge in [-0.05, 0) is 23.8 Å². The van der Waals surface area contributed by atoms with Gasteiger partial charge in [0.25, 0.3) is 0 Å². The average Bonchev–Trinajstić information content (AvgIpc) is 2.61. The predicted molar refractivity (Wildman–Crippen MR) is 93.3 cm³/mol.